The van der Waals surface area contributed by atoms with Crippen LogP contribution in [0.2, 0.25) is 0 Å². The normalized spacial score (nSPS) is 20.1. The maximum Gasteiger partial charge on any atom is 0.132 e. The number of nitrogens with one attached hydrogen (secondary N) is 2. The van der Waals surface area contributed by atoms with Crippen LogP contribution in [0.5, 0.6) is 0 Å². The minimum Gasteiger partial charge on any atom is -0.367 e. The zero-order chi connectivity index (χ0) is 10.3. The molecule has 2 aliphatic carbocycles. The minimum absolute atomic E-state index is 0.646. The molecule has 1 aromatic rings. The molecule has 2 fully saturated rings. The predicted octanol–water partition coefficient (Wildman–Crippen LogP) is 1.93. The third-order valence-corrected chi connectivity index (χ3v) is 2.70. The fourth-order valence-electron chi connectivity index (χ4n) is 1.59. The van der Waals surface area contributed by atoms with Crippen LogP contribution in [0.1, 0.15) is 31.5 Å². The number of hydrogen-bond acceptors (Lipinski definition) is 4. The molecule has 4 nitrogen and oxygen atoms in total. The number of rotatable bonds is 4. The smallest absolute Gasteiger partial charge is 0.132 e. The standard InChI is InChI=1S/C11H16N4/c1-7-12-10(14-8-2-3-8)6-11(13-7)15-9-4-5-9/h6,8-9H,2-5H2,1H3,(H2,12,13,14,15). The Bertz CT molecular complexity index is 337. The summed E-state index contributed by atoms with van der Waals surface area (Å²) in [6, 6.07) is 3.31. The van der Waals surface area contributed by atoms with Crippen LogP contribution >= 0.6 is 0 Å². The van der Waals surface area contributed by atoms with Crippen molar-refractivity contribution in [2.45, 2.75) is 44.7 Å². The summed E-state index contributed by atoms with van der Waals surface area (Å²) in [7, 11) is 0. The van der Waals surface area contributed by atoms with E-state index in [2.05, 4.69) is 20.6 Å². The molecular weight excluding hydrogens is 188 g/mol. The highest BCUT2D eigenvalue weighted by molar-refractivity contribution is 5.49. The predicted molar refractivity (Wildman–Crippen MR) is 60.1 cm³/mol. The quantitative estimate of drug-likeness (QED) is 0.787. The first-order chi connectivity index (χ1) is 7.29. The summed E-state index contributed by atoms with van der Waals surface area (Å²) in [6.45, 7) is 1.94. The molecule has 0 bridgehead atoms. The Kier molecular flexibility index (Phi) is 2.01. The molecule has 2 saturated carbocycles. The largest absolute Gasteiger partial charge is 0.367 e. The Morgan fingerprint density at radius 3 is 1.87 bits per heavy atom. The second-order valence-electron chi connectivity index (χ2n) is 4.52. The monoisotopic (exact) mass is 204 g/mol. The average Bonchev–Trinajstić information content (AvgIpc) is 2.98. The van der Waals surface area contributed by atoms with Crippen LogP contribution in [-0.2, 0) is 0 Å². The van der Waals surface area contributed by atoms with E-state index in [9.17, 15) is 0 Å². The van der Waals surface area contributed by atoms with E-state index < -0.39 is 0 Å². The first-order valence-corrected chi connectivity index (χ1v) is 5.68. The molecule has 0 aliphatic heterocycles. The van der Waals surface area contributed by atoms with Crippen molar-refractivity contribution in [3.8, 4) is 0 Å². The molecule has 0 unspecified atom stereocenters. The van der Waals surface area contributed by atoms with Gasteiger partial charge in [-0.25, -0.2) is 9.97 Å². The van der Waals surface area contributed by atoms with Crippen molar-refractivity contribution in [3.63, 3.8) is 0 Å². The molecule has 2 aliphatic rings. The van der Waals surface area contributed by atoms with Crippen LogP contribution in [0.15, 0.2) is 6.07 Å². The first kappa shape index (κ1) is 8.95. The van der Waals surface area contributed by atoms with E-state index in [0.717, 1.165) is 17.5 Å². The molecule has 80 valence electrons. The molecule has 0 amide bonds. The summed E-state index contributed by atoms with van der Waals surface area (Å²) >= 11 is 0. The third-order valence-electron chi connectivity index (χ3n) is 2.70. The van der Waals surface area contributed by atoms with Gasteiger partial charge in [0.25, 0.3) is 0 Å². The lowest BCUT2D eigenvalue weighted by Crippen LogP contribution is -2.08. The SMILES string of the molecule is Cc1nc(NC2CC2)cc(NC2CC2)n1. The highest BCUT2D eigenvalue weighted by Gasteiger charge is 2.23. The molecule has 0 saturated heterocycles. The maximum atomic E-state index is 4.38. The third kappa shape index (κ3) is 2.37. The summed E-state index contributed by atoms with van der Waals surface area (Å²) in [5.41, 5.74) is 0. The molecule has 0 aromatic carbocycles. The molecule has 0 radical (unpaired) electrons. The van der Waals surface area contributed by atoms with Crippen LogP contribution in [0, 0.1) is 6.92 Å². The van der Waals surface area contributed by atoms with E-state index in [1.807, 2.05) is 13.0 Å². The highest BCUT2D eigenvalue weighted by Crippen LogP contribution is 2.27. The van der Waals surface area contributed by atoms with Crippen LogP contribution < -0.4 is 10.6 Å². The topological polar surface area (TPSA) is 49.8 Å². The molecule has 1 heterocycles. The maximum absolute atomic E-state index is 4.38. The summed E-state index contributed by atoms with van der Waals surface area (Å²) in [4.78, 5) is 8.76. The summed E-state index contributed by atoms with van der Waals surface area (Å²) < 4.78 is 0. The van der Waals surface area contributed by atoms with Crippen molar-refractivity contribution >= 4 is 11.6 Å². The van der Waals surface area contributed by atoms with Gasteiger partial charge in [0.05, 0.1) is 0 Å². The number of aryl methyl sites for hydroxylation is 1. The molecule has 0 atom stereocenters. The van der Waals surface area contributed by atoms with Gasteiger partial charge in [-0.2, -0.15) is 0 Å². The Balaban J connectivity index is 1.76. The van der Waals surface area contributed by atoms with E-state index in [4.69, 9.17) is 0 Å². The lowest BCUT2D eigenvalue weighted by Gasteiger charge is -2.08. The fourth-order valence-corrected chi connectivity index (χ4v) is 1.59. The van der Waals surface area contributed by atoms with Crippen LogP contribution in [-0.4, -0.2) is 22.1 Å². The van der Waals surface area contributed by atoms with Gasteiger partial charge in [0.15, 0.2) is 0 Å². The van der Waals surface area contributed by atoms with Gasteiger partial charge >= 0.3 is 0 Å². The van der Waals surface area contributed by atoms with Crippen molar-refractivity contribution in [1.82, 2.24) is 9.97 Å². The molecule has 3 rings (SSSR count). The molecule has 4 heteroatoms. The zero-order valence-corrected chi connectivity index (χ0v) is 8.95. The molecule has 2 N–H and O–H groups in total. The Morgan fingerprint density at radius 1 is 1.00 bits per heavy atom. The van der Waals surface area contributed by atoms with Gasteiger partial charge in [0.1, 0.15) is 17.5 Å². The van der Waals surface area contributed by atoms with E-state index in [-0.39, 0.29) is 0 Å². The molecular formula is C11H16N4. The van der Waals surface area contributed by atoms with Crippen LogP contribution in [0.3, 0.4) is 0 Å². The Morgan fingerprint density at radius 2 is 1.47 bits per heavy atom. The van der Waals surface area contributed by atoms with E-state index in [0.29, 0.717) is 12.1 Å². The fraction of sp³-hybridized carbons (Fsp3) is 0.636. The Hall–Kier alpha value is -1.32. The van der Waals surface area contributed by atoms with Gasteiger partial charge in [0.2, 0.25) is 0 Å². The van der Waals surface area contributed by atoms with E-state index in [1.165, 1.54) is 25.7 Å². The van der Waals surface area contributed by atoms with Gasteiger partial charge in [-0.15, -0.1) is 0 Å². The van der Waals surface area contributed by atoms with E-state index in [1.54, 1.807) is 0 Å². The number of nitrogens with zero attached hydrogens (tertiary/aromatic N) is 2. The molecule has 15 heavy (non-hydrogen) atoms. The number of aromatic nitrogens is 2. The van der Waals surface area contributed by atoms with Crippen molar-refractivity contribution in [3.05, 3.63) is 11.9 Å². The number of anilines is 2. The van der Waals surface area contributed by atoms with Crippen molar-refractivity contribution in [2.75, 3.05) is 10.6 Å². The van der Waals surface area contributed by atoms with Gasteiger partial charge in [-0.05, 0) is 32.6 Å². The van der Waals surface area contributed by atoms with Crippen LogP contribution in [0.4, 0.5) is 11.6 Å². The lowest BCUT2D eigenvalue weighted by atomic mass is 10.4. The zero-order valence-electron chi connectivity index (χ0n) is 8.95. The van der Waals surface area contributed by atoms with Crippen molar-refractivity contribution < 1.29 is 0 Å². The first-order valence-electron chi connectivity index (χ1n) is 5.68. The average molecular weight is 204 g/mol. The second kappa shape index (κ2) is 3.36. The Labute approximate surface area is 89.5 Å². The molecule has 0 spiro atoms. The van der Waals surface area contributed by atoms with Gasteiger partial charge in [-0.3, -0.25) is 0 Å². The van der Waals surface area contributed by atoms with Crippen molar-refractivity contribution in [2.24, 2.45) is 0 Å². The summed E-state index contributed by atoms with van der Waals surface area (Å²) in [5, 5.41) is 6.80. The summed E-state index contributed by atoms with van der Waals surface area (Å²) in [5.74, 6) is 2.77. The highest BCUT2D eigenvalue weighted by atomic mass is 15.1. The van der Waals surface area contributed by atoms with Crippen molar-refractivity contribution in [1.29, 1.82) is 0 Å². The second-order valence-corrected chi connectivity index (χ2v) is 4.52. The summed E-state index contributed by atoms with van der Waals surface area (Å²) in [6.07, 6.45) is 5.09. The molecule has 1 aromatic heterocycles. The lowest BCUT2D eigenvalue weighted by molar-refractivity contribution is 1.00. The van der Waals surface area contributed by atoms with Gasteiger partial charge < -0.3 is 10.6 Å². The minimum atomic E-state index is 0.646. The van der Waals surface area contributed by atoms with Crippen LogP contribution in [0.25, 0.3) is 0 Å². The van der Waals surface area contributed by atoms with Gasteiger partial charge in [0, 0.05) is 18.2 Å². The number of hydrogen-bond donors (Lipinski definition) is 2. The van der Waals surface area contributed by atoms with Gasteiger partial charge in [-0.1, -0.05) is 0 Å². The van der Waals surface area contributed by atoms with E-state index >= 15 is 0 Å².